The molecule has 0 aliphatic carbocycles. The Hall–Kier alpha value is -3.69. The van der Waals surface area contributed by atoms with Gasteiger partial charge >= 0.3 is 5.97 Å². The van der Waals surface area contributed by atoms with Crippen LogP contribution in [0.5, 0.6) is 0 Å². The van der Waals surface area contributed by atoms with Crippen LogP contribution in [0.1, 0.15) is 28.0 Å². The number of fused-ring (bicyclic) bond motifs is 1. The molecule has 4 rings (SSSR count). The summed E-state index contributed by atoms with van der Waals surface area (Å²) in [6.07, 6.45) is 1.69. The van der Waals surface area contributed by atoms with E-state index < -0.39 is 0 Å². The number of carbonyl (C=O) groups is 1. The fraction of sp³-hybridized carbons (Fsp3) is 0.0870. The first-order chi connectivity index (χ1) is 14.2. The predicted octanol–water partition coefficient (Wildman–Crippen LogP) is 5.80. The smallest absolute Gasteiger partial charge is 0.338 e. The molecule has 0 N–H and O–H groups in total. The maximum absolute atomic E-state index is 11.8. The van der Waals surface area contributed by atoms with Gasteiger partial charge in [-0.1, -0.05) is 24.3 Å². The van der Waals surface area contributed by atoms with Gasteiger partial charge in [-0.05, 0) is 43.3 Å². The van der Waals surface area contributed by atoms with E-state index in [0.717, 1.165) is 15.8 Å². The van der Waals surface area contributed by atoms with Gasteiger partial charge in [0, 0.05) is 11.6 Å². The molecule has 4 aromatic rings. The summed E-state index contributed by atoms with van der Waals surface area (Å²) in [4.78, 5) is 16.3. The molecule has 0 aliphatic rings. The fourth-order valence-corrected chi connectivity index (χ4v) is 3.77. The highest BCUT2D eigenvalue weighted by atomic mass is 32.1. The summed E-state index contributed by atoms with van der Waals surface area (Å²) in [5, 5.41) is 10.2. The average molecular weight is 400 g/mol. The number of nitrogens with zero attached hydrogens (tertiary/aromatic N) is 2. The number of carbonyl (C=O) groups excluding carboxylic acids is 1. The molecule has 29 heavy (non-hydrogen) atoms. The molecule has 0 radical (unpaired) electrons. The summed E-state index contributed by atoms with van der Waals surface area (Å²) >= 11 is 1.47. The third-order valence-electron chi connectivity index (χ3n) is 4.24. The Morgan fingerprint density at radius 3 is 2.69 bits per heavy atom. The lowest BCUT2D eigenvalue weighted by molar-refractivity contribution is 0.0526. The van der Waals surface area contributed by atoms with Gasteiger partial charge in [0.15, 0.2) is 0 Å². The zero-order valence-electron chi connectivity index (χ0n) is 15.6. The average Bonchev–Trinajstić information content (AvgIpc) is 3.39. The van der Waals surface area contributed by atoms with E-state index in [0.29, 0.717) is 34.3 Å². The third kappa shape index (κ3) is 3.96. The topological polar surface area (TPSA) is 76.1 Å². The zero-order chi connectivity index (χ0) is 20.2. The third-order valence-corrected chi connectivity index (χ3v) is 5.31. The van der Waals surface area contributed by atoms with Gasteiger partial charge in [-0.3, -0.25) is 0 Å². The minimum Gasteiger partial charge on any atom is -0.462 e. The molecule has 0 unspecified atom stereocenters. The molecule has 0 fully saturated rings. The number of rotatable bonds is 5. The van der Waals surface area contributed by atoms with Crippen molar-refractivity contribution in [1.82, 2.24) is 4.98 Å². The molecule has 5 nitrogen and oxygen atoms in total. The van der Waals surface area contributed by atoms with Crippen LogP contribution < -0.4 is 0 Å². The molecule has 2 aromatic heterocycles. The van der Waals surface area contributed by atoms with Crippen LogP contribution in [0.2, 0.25) is 0 Å². The summed E-state index contributed by atoms with van der Waals surface area (Å²) in [7, 11) is 0. The Labute approximate surface area is 171 Å². The first-order valence-corrected chi connectivity index (χ1v) is 9.84. The molecule has 142 valence electrons. The maximum Gasteiger partial charge on any atom is 0.338 e. The molecular weight excluding hydrogens is 384 g/mol. The second-order valence-corrected chi connectivity index (χ2v) is 7.19. The first-order valence-electron chi connectivity index (χ1n) is 9.03. The van der Waals surface area contributed by atoms with Gasteiger partial charge in [0.1, 0.15) is 22.6 Å². The van der Waals surface area contributed by atoms with E-state index in [1.807, 2.05) is 30.3 Å². The van der Waals surface area contributed by atoms with Crippen LogP contribution >= 0.6 is 11.3 Å². The van der Waals surface area contributed by atoms with Gasteiger partial charge in [0.25, 0.3) is 0 Å². The number of hydrogen-bond acceptors (Lipinski definition) is 6. The maximum atomic E-state index is 11.8. The van der Waals surface area contributed by atoms with Gasteiger partial charge in [-0.25, -0.2) is 9.78 Å². The van der Waals surface area contributed by atoms with E-state index in [4.69, 9.17) is 9.15 Å². The van der Waals surface area contributed by atoms with Crippen molar-refractivity contribution in [3.63, 3.8) is 0 Å². The molecule has 0 atom stereocenters. The Morgan fingerprint density at radius 1 is 1.17 bits per heavy atom. The van der Waals surface area contributed by atoms with Crippen LogP contribution in [0.4, 0.5) is 0 Å². The second kappa shape index (κ2) is 8.13. The Bertz CT molecular complexity index is 1210. The fourth-order valence-electron chi connectivity index (χ4n) is 2.84. The molecule has 2 aromatic carbocycles. The van der Waals surface area contributed by atoms with Crippen molar-refractivity contribution < 1.29 is 13.9 Å². The van der Waals surface area contributed by atoms with Crippen molar-refractivity contribution in [3.8, 4) is 17.4 Å². The standard InChI is InChI=1S/C23H16N2O3S/c1-2-27-23(26)16-9-7-15(8-10-16)20-12-11-18(28-20)13-17(14-24)22-25-19-5-3-4-6-21(19)29-22/h3-13H,2H2,1H3. The van der Waals surface area contributed by atoms with Crippen LogP contribution in [0.25, 0.3) is 33.2 Å². The number of aromatic nitrogens is 1. The normalized spacial score (nSPS) is 11.4. The Balaban J connectivity index is 1.59. The SMILES string of the molecule is CCOC(=O)c1ccc(-c2ccc(C=C(C#N)c3nc4ccccc4s3)o2)cc1. The quantitative estimate of drug-likeness (QED) is 0.313. The van der Waals surface area contributed by atoms with Crippen LogP contribution in [-0.2, 0) is 4.74 Å². The molecule has 0 spiro atoms. The summed E-state index contributed by atoms with van der Waals surface area (Å²) in [5.41, 5.74) is 2.64. The van der Waals surface area contributed by atoms with Gasteiger partial charge < -0.3 is 9.15 Å². The number of ether oxygens (including phenoxy) is 1. The van der Waals surface area contributed by atoms with E-state index in [2.05, 4.69) is 11.1 Å². The van der Waals surface area contributed by atoms with E-state index in [1.165, 1.54) is 11.3 Å². The molecule has 0 aliphatic heterocycles. The molecule has 0 bridgehead atoms. The largest absolute Gasteiger partial charge is 0.462 e. The van der Waals surface area contributed by atoms with E-state index in [1.54, 1.807) is 43.3 Å². The minimum atomic E-state index is -0.350. The predicted molar refractivity (Wildman–Crippen MR) is 113 cm³/mol. The highest BCUT2D eigenvalue weighted by Crippen LogP contribution is 2.29. The van der Waals surface area contributed by atoms with E-state index in [9.17, 15) is 10.1 Å². The summed E-state index contributed by atoms with van der Waals surface area (Å²) < 4.78 is 11.9. The summed E-state index contributed by atoms with van der Waals surface area (Å²) in [5.74, 6) is 0.857. The second-order valence-electron chi connectivity index (χ2n) is 6.16. The molecule has 6 heteroatoms. The molecule has 0 saturated carbocycles. The van der Waals surface area contributed by atoms with Crippen LogP contribution in [0.15, 0.2) is 65.1 Å². The van der Waals surface area contributed by atoms with Crippen molar-refractivity contribution in [2.24, 2.45) is 0 Å². The van der Waals surface area contributed by atoms with Crippen molar-refractivity contribution in [3.05, 3.63) is 77.0 Å². The van der Waals surface area contributed by atoms with Crippen molar-refractivity contribution in [1.29, 1.82) is 5.26 Å². The van der Waals surface area contributed by atoms with E-state index in [-0.39, 0.29) is 5.97 Å². The lowest BCUT2D eigenvalue weighted by Gasteiger charge is -2.02. The van der Waals surface area contributed by atoms with E-state index >= 15 is 0 Å². The van der Waals surface area contributed by atoms with Crippen LogP contribution in [-0.4, -0.2) is 17.6 Å². The number of furan rings is 1. The number of esters is 1. The monoisotopic (exact) mass is 400 g/mol. The Morgan fingerprint density at radius 2 is 1.97 bits per heavy atom. The molecule has 2 heterocycles. The lowest BCUT2D eigenvalue weighted by Crippen LogP contribution is -2.03. The lowest BCUT2D eigenvalue weighted by atomic mass is 10.1. The van der Waals surface area contributed by atoms with Crippen molar-refractivity contribution >= 4 is 39.2 Å². The van der Waals surface area contributed by atoms with Crippen molar-refractivity contribution in [2.75, 3.05) is 6.61 Å². The number of nitriles is 1. The number of para-hydroxylation sites is 1. The highest BCUT2D eigenvalue weighted by molar-refractivity contribution is 7.19. The van der Waals surface area contributed by atoms with Crippen LogP contribution in [0.3, 0.4) is 0 Å². The van der Waals surface area contributed by atoms with Gasteiger partial charge in [0.05, 0.1) is 28.0 Å². The first kappa shape index (κ1) is 18.7. The number of hydrogen-bond donors (Lipinski definition) is 0. The van der Waals surface area contributed by atoms with Gasteiger partial charge in [0.2, 0.25) is 0 Å². The molecule has 0 saturated heterocycles. The van der Waals surface area contributed by atoms with Gasteiger partial charge in [-0.2, -0.15) is 5.26 Å². The highest BCUT2D eigenvalue weighted by Gasteiger charge is 2.11. The van der Waals surface area contributed by atoms with Gasteiger partial charge in [-0.15, -0.1) is 11.3 Å². The number of thiazole rings is 1. The Kier molecular flexibility index (Phi) is 5.23. The minimum absolute atomic E-state index is 0.338. The summed E-state index contributed by atoms with van der Waals surface area (Å²) in [6, 6.07) is 20.6. The van der Waals surface area contributed by atoms with Crippen LogP contribution in [0, 0.1) is 11.3 Å². The van der Waals surface area contributed by atoms with Crippen molar-refractivity contribution in [2.45, 2.75) is 6.92 Å². The zero-order valence-corrected chi connectivity index (χ0v) is 16.4. The number of benzene rings is 2. The number of allylic oxidation sites excluding steroid dienone is 1. The molecular formula is C23H16N2O3S. The molecule has 0 amide bonds. The summed E-state index contributed by atoms with van der Waals surface area (Å²) in [6.45, 7) is 2.11.